The Morgan fingerprint density at radius 1 is 1.38 bits per heavy atom. The van der Waals surface area contributed by atoms with Crippen LogP contribution in [0.4, 0.5) is 0 Å². The van der Waals surface area contributed by atoms with Crippen LogP contribution in [-0.2, 0) is 21.4 Å². The van der Waals surface area contributed by atoms with Crippen molar-refractivity contribution in [3.05, 3.63) is 17.2 Å². The zero-order chi connectivity index (χ0) is 22.8. The Bertz CT molecular complexity index is 979. The molecule has 2 fully saturated rings. The molecule has 6 atom stereocenters. The molecule has 2 aliphatic heterocycles. The number of aliphatic carboxylic acids is 1. The quantitative estimate of drug-likeness (QED) is 0.428. The van der Waals surface area contributed by atoms with Gasteiger partial charge in [-0.3, -0.25) is 14.9 Å². The first-order valence-corrected chi connectivity index (χ1v) is 11.3. The first kappa shape index (κ1) is 26.7. The summed E-state index contributed by atoms with van der Waals surface area (Å²) in [6.07, 6.45) is 3.27. The zero-order valence-corrected chi connectivity index (χ0v) is 20.9. The highest BCUT2D eigenvalue weighted by molar-refractivity contribution is 5.85. The third kappa shape index (κ3) is 3.77. The van der Waals surface area contributed by atoms with Gasteiger partial charge in [-0.05, 0) is 51.6 Å². The molecule has 34 heavy (non-hydrogen) atoms. The molecular weight excluding hydrogens is 485 g/mol. The van der Waals surface area contributed by atoms with E-state index in [1.807, 2.05) is 0 Å². The Labute approximate surface area is 211 Å². The number of primary amides is 1. The monoisotopic (exact) mass is 517 g/mol. The summed E-state index contributed by atoms with van der Waals surface area (Å²) in [4.78, 5) is 25.6. The lowest BCUT2D eigenvalue weighted by molar-refractivity contribution is -0.140. The number of carboxylic acid groups (broad SMARTS) is 1. The van der Waals surface area contributed by atoms with E-state index in [0.29, 0.717) is 23.5 Å². The molecule has 2 heterocycles. The normalized spacial score (nSPS) is 31.2. The minimum atomic E-state index is -1.00. The zero-order valence-electron chi connectivity index (χ0n) is 19.3. The highest BCUT2D eigenvalue weighted by Crippen LogP contribution is 2.65. The van der Waals surface area contributed by atoms with E-state index in [0.717, 1.165) is 43.4 Å². The van der Waals surface area contributed by atoms with Crippen molar-refractivity contribution in [1.29, 1.82) is 0 Å². The van der Waals surface area contributed by atoms with Crippen molar-refractivity contribution in [3.63, 3.8) is 0 Å². The molecule has 1 aromatic rings. The second kappa shape index (κ2) is 9.60. The van der Waals surface area contributed by atoms with Crippen LogP contribution in [0.3, 0.4) is 0 Å². The van der Waals surface area contributed by atoms with Crippen LogP contribution in [0.1, 0.15) is 43.2 Å². The van der Waals surface area contributed by atoms with Crippen molar-refractivity contribution in [2.75, 3.05) is 20.7 Å². The molecule has 2 bridgehead atoms. The van der Waals surface area contributed by atoms with Gasteiger partial charge >= 0.3 is 5.97 Å². The molecule has 0 radical (unpaired) electrons. The van der Waals surface area contributed by atoms with E-state index in [-0.39, 0.29) is 61.0 Å². The second-order valence-corrected chi connectivity index (χ2v) is 9.71. The molecule has 190 valence electrons. The number of phenolic OH excluding ortho intramolecular Hbond substituents is 1. The fourth-order valence-corrected chi connectivity index (χ4v) is 6.97. The first-order chi connectivity index (χ1) is 15.3. The summed E-state index contributed by atoms with van der Waals surface area (Å²) in [5, 5.41) is 23.8. The van der Waals surface area contributed by atoms with Crippen LogP contribution in [0.15, 0.2) is 6.07 Å². The fraction of sp³-hybridized carbons (Fsp3) is 0.652. The molecule has 5 rings (SSSR count). The van der Waals surface area contributed by atoms with Crippen molar-refractivity contribution < 1.29 is 29.3 Å². The summed E-state index contributed by atoms with van der Waals surface area (Å²) in [7, 11) is 3.78. The smallest absolute Gasteiger partial charge is 0.320 e. The number of hydrogen-bond acceptors (Lipinski definition) is 7. The number of halogens is 2. The molecular formula is C23H33Cl2N3O6. The third-order valence-corrected chi connectivity index (χ3v) is 8.30. The van der Waals surface area contributed by atoms with Crippen molar-refractivity contribution in [2.45, 2.75) is 68.2 Å². The molecule has 0 aromatic heterocycles. The number of benzene rings is 1. The van der Waals surface area contributed by atoms with Crippen molar-refractivity contribution in [1.82, 2.24) is 10.2 Å². The van der Waals surface area contributed by atoms with Gasteiger partial charge in [0, 0.05) is 41.1 Å². The summed E-state index contributed by atoms with van der Waals surface area (Å²) < 4.78 is 12.1. The fourth-order valence-electron chi connectivity index (χ4n) is 6.97. The topological polar surface area (TPSA) is 134 Å². The SMILES string of the molecule is COc1cc(O)c2c3c1C[C@@H]1[C@@H]4CC[C@@H](N[C@@H](CCC(N)=O)C(=O)O)[C@H](O2)[C@]34CCN1C.Cl.Cl. The predicted molar refractivity (Wildman–Crippen MR) is 129 cm³/mol. The number of carbonyl (C=O) groups excluding carboxylic acids is 1. The number of likely N-dealkylation sites (N-methyl/N-ethyl adjacent to an activating group) is 1. The Hall–Kier alpha value is -1.94. The van der Waals surface area contributed by atoms with E-state index in [9.17, 15) is 19.8 Å². The van der Waals surface area contributed by atoms with E-state index in [1.54, 1.807) is 13.2 Å². The number of nitrogens with one attached hydrogen (secondary N) is 1. The number of likely N-dealkylation sites (tertiary alicyclic amines) is 1. The molecule has 1 aromatic carbocycles. The summed E-state index contributed by atoms with van der Waals surface area (Å²) in [5.41, 5.74) is 7.11. The van der Waals surface area contributed by atoms with E-state index in [1.165, 1.54) is 0 Å². The third-order valence-electron chi connectivity index (χ3n) is 8.30. The van der Waals surface area contributed by atoms with E-state index in [2.05, 4.69) is 17.3 Å². The Morgan fingerprint density at radius 3 is 2.76 bits per heavy atom. The van der Waals surface area contributed by atoms with Crippen LogP contribution in [0.25, 0.3) is 0 Å². The van der Waals surface area contributed by atoms with Gasteiger partial charge in [0.2, 0.25) is 5.91 Å². The molecule has 4 aliphatic rings. The lowest BCUT2D eigenvalue weighted by atomic mass is 9.51. The number of carbonyl (C=O) groups is 2. The summed E-state index contributed by atoms with van der Waals surface area (Å²) in [5.74, 6) is 0.120. The van der Waals surface area contributed by atoms with Crippen LogP contribution in [0, 0.1) is 5.92 Å². The molecule has 1 saturated heterocycles. The molecule has 11 heteroatoms. The summed E-state index contributed by atoms with van der Waals surface area (Å²) in [6, 6.07) is 0.875. The molecule has 1 saturated carbocycles. The number of amides is 1. The van der Waals surface area contributed by atoms with Crippen molar-refractivity contribution in [2.24, 2.45) is 11.7 Å². The van der Waals surface area contributed by atoms with Crippen LogP contribution < -0.4 is 20.5 Å². The van der Waals surface area contributed by atoms with Crippen LogP contribution in [0.5, 0.6) is 17.2 Å². The summed E-state index contributed by atoms with van der Waals surface area (Å²) in [6.45, 7) is 0.911. The average molecular weight is 518 g/mol. The lowest BCUT2D eigenvalue weighted by Crippen LogP contribution is -2.68. The molecule has 1 amide bonds. The maximum Gasteiger partial charge on any atom is 0.320 e. The molecule has 5 N–H and O–H groups in total. The van der Waals surface area contributed by atoms with Gasteiger partial charge in [0.15, 0.2) is 11.5 Å². The van der Waals surface area contributed by atoms with Gasteiger partial charge in [-0.2, -0.15) is 0 Å². The number of phenols is 1. The van der Waals surface area contributed by atoms with Gasteiger partial charge in [-0.25, -0.2) is 0 Å². The Balaban J connectivity index is 0.00000162. The highest BCUT2D eigenvalue weighted by atomic mass is 35.5. The Morgan fingerprint density at radius 2 is 2.12 bits per heavy atom. The largest absolute Gasteiger partial charge is 0.504 e. The van der Waals surface area contributed by atoms with Crippen LogP contribution >= 0.6 is 24.8 Å². The average Bonchev–Trinajstić information content (AvgIpc) is 3.10. The van der Waals surface area contributed by atoms with E-state index < -0.39 is 17.9 Å². The van der Waals surface area contributed by atoms with E-state index >= 15 is 0 Å². The Kier molecular flexibility index (Phi) is 7.53. The molecule has 2 aliphatic carbocycles. The van der Waals surface area contributed by atoms with Crippen molar-refractivity contribution >= 4 is 36.7 Å². The van der Waals surface area contributed by atoms with Gasteiger partial charge in [0.05, 0.1) is 7.11 Å². The van der Waals surface area contributed by atoms with Gasteiger partial charge in [0.1, 0.15) is 17.9 Å². The first-order valence-electron chi connectivity index (χ1n) is 11.3. The standard InChI is InChI=1S/C23H31N3O6.2ClH/c1-26-8-7-23-12-3-4-13(25-14(22(29)30)5-6-18(24)28)21(23)32-20-16(27)10-17(31-2)11(19(20)23)9-15(12)26;;/h10,12-15,21,25,27H,3-9H2,1-2H3,(H2,24,28)(H,29,30);2*1H/t12-,13+,14-,15+,21-,23-;;/m0../s1. The maximum absolute atomic E-state index is 11.9. The van der Waals surface area contributed by atoms with Gasteiger partial charge in [0.25, 0.3) is 0 Å². The predicted octanol–water partition coefficient (Wildman–Crippen LogP) is 1.59. The van der Waals surface area contributed by atoms with Crippen molar-refractivity contribution in [3.8, 4) is 17.2 Å². The number of carboxylic acids is 1. The maximum atomic E-state index is 11.9. The number of rotatable bonds is 7. The molecule has 9 nitrogen and oxygen atoms in total. The molecule has 1 spiro atoms. The van der Waals surface area contributed by atoms with Gasteiger partial charge in [-0.1, -0.05) is 0 Å². The number of nitrogens with zero attached hydrogens (tertiary/aromatic N) is 1. The highest BCUT2D eigenvalue weighted by Gasteiger charge is 2.66. The minimum absolute atomic E-state index is 0. The van der Waals surface area contributed by atoms with Gasteiger partial charge in [-0.15, -0.1) is 24.8 Å². The minimum Gasteiger partial charge on any atom is -0.504 e. The van der Waals surface area contributed by atoms with Crippen LogP contribution in [-0.4, -0.2) is 71.9 Å². The van der Waals surface area contributed by atoms with Crippen LogP contribution in [0.2, 0.25) is 0 Å². The number of nitrogens with two attached hydrogens (primary N) is 1. The number of aromatic hydroxyl groups is 1. The van der Waals surface area contributed by atoms with Gasteiger partial charge < -0.3 is 30.3 Å². The number of hydrogen-bond donors (Lipinski definition) is 4. The molecule has 0 unspecified atom stereocenters. The second-order valence-electron chi connectivity index (χ2n) is 9.71. The summed E-state index contributed by atoms with van der Waals surface area (Å²) >= 11 is 0. The number of methoxy groups -OCH3 is 1. The number of ether oxygens (including phenoxy) is 2. The lowest BCUT2D eigenvalue weighted by Gasteiger charge is -2.59. The van der Waals surface area contributed by atoms with E-state index in [4.69, 9.17) is 15.2 Å². The number of piperidine rings is 1.